The van der Waals surface area contributed by atoms with Crippen molar-refractivity contribution in [2.75, 3.05) is 13.3 Å². The average Bonchev–Trinajstić information content (AvgIpc) is 2.26. The van der Waals surface area contributed by atoms with E-state index in [4.69, 9.17) is 4.74 Å². The first-order chi connectivity index (χ1) is 7.35. The molecule has 0 saturated heterocycles. The summed E-state index contributed by atoms with van der Waals surface area (Å²) in [5, 5.41) is 5.73. The van der Waals surface area contributed by atoms with Gasteiger partial charge in [-0.3, -0.25) is 4.79 Å². The van der Waals surface area contributed by atoms with Crippen molar-refractivity contribution in [2.45, 2.75) is 19.5 Å². The Morgan fingerprint density at radius 3 is 2.93 bits per heavy atom. The fourth-order valence-corrected chi connectivity index (χ4v) is 1.31. The molecule has 15 heavy (non-hydrogen) atoms. The molecule has 0 heterocycles. The lowest BCUT2D eigenvalue weighted by Gasteiger charge is -2.06. The van der Waals surface area contributed by atoms with Crippen molar-refractivity contribution in [3.63, 3.8) is 0 Å². The molecule has 0 aromatic heterocycles. The van der Waals surface area contributed by atoms with Gasteiger partial charge < -0.3 is 15.4 Å². The van der Waals surface area contributed by atoms with E-state index in [0.29, 0.717) is 12.4 Å². The van der Waals surface area contributed by atoms with Crippen molar-refractivity contribution in [1.29, 1.82) is 0 Å². The van der Waals surface area contributed by atoms with Gasteiger partial charge in [0.25, 0.3) is 0 Å². The summed E-state index contributed by atoms with van der Waals surface area (Å²) in [4.78, 5) is 10.6. The standard InChI is InChI=1S/C10H20N2O2Si/c1-3-4-11-7-10(8-13)12-9-14-5-6-15-2/h3-4,7-8,11-12H,5-6,9,15H2,1-2H3/b4-3-,10-7?. The van der Waals surface area contributed by atoms with E-state index < -0.39 is 0 Å². The maximum absolute atomic E-state index is 10.6. The number of allylic oxidation sites excluding steroid dienone is 2. The average molecular weight is 228 g/mol. The molecule has 2 N–H and O–H groups in total. The lowest BCUT2D eigenvalue weighted by Crippen LogP contribution is -2.20. The molecule has 0 radical (unpaired) electrons. The first kappa shape index (κ1) is 13.9. The molecule has 4 nitrogen and oxygen atoms in total. The van der Waals surface area contributed by atoms with Gasteiger partial charge in [-0.05, 0) is 19.2 Å². The van der Waals surface area contributed by atoms with Crippen LogP contribution in [0.5, 0.6) is 0 Å². The fraction of sp³-hybridized carbons (Fsp3) is 0.500. The van der Waals surface area contributed by atoms with Crippen LogP contribution in [0.1, 0.15) is 6.92 Å². The summed E-state index contributed by atoms with van der Waals surface area (Å²) in [7, 11) is 0.0865. The zero-order valence-corrected chi connectivity index (χ0v) is 10.9. The molecule has 0 rings (SSSR count). The minimum Gasteiger partial charge on any atom is -0.366 e. The molecule has 5 heteroatoms. The summed E-state index contributed by atoms with van der Waals surface area (Å²) < 4.78 is 5.29. The summed E-state index contributed by atoms with van der Waals surface area (Å²) in [6, 6.07) is 1.18. The topological polar surface area (TPSA) is 50.4 Å². The summed E-state index contributed by atoms with van der Waals surface area (Å²) in [6.07, 6.45) is 5.95. The molecule has 0 aliphatic carbocycles. The van der Waals surface area contributed by atoms with Gasteiger partial charge in [0, 0.05) is 22.3 Å². The molecule has 0 aromatic rings. The second-order valence-corrected chi connectivity index (χ2v) is 4.67. The first-order valence-electron chi connectivity index (χ1n) is 5.19. The number of ether oxygens (including phenoxy) is 1. The molecule has 0 fully saturated rings. The maximum Gasteiger partial charge on any atom is 0.167 e. The van der Waals surface area contributed by atoms with Gasteiger partial charge in [0.1, 0.15) is 6.73 Å². The fourth-order valence-electron chi connectivity index (χ4n) is 0.814. The molecule has 86 valence electrons. The predicted octanol–water partition coefficient (Wildman–Crippen LogP) is 0.349. The van der Waals surface area contributed by atoms with Gasteiger partial charge >= 0.3 is 0 Å². The van der Waals surface area contributed by atoms with Gasteiger partial charge in [0.05, 0.1) is 5.70 Å². The van der Waals surface area contributed by atoms with Crippen LogP contribution in [0.4, 0.5) is 0 Å². The molecule has 0 amide bonds. The minimum absolute atomic E-state index is 0.0865. The summed E-state index contributed by atoms with van der Waals surface area (Å²) >= 11 is 0. The molecular formula is C10H20N2O2Si. The normalized spacial score (nSPS) is 12.5. The molecule has 0 aromatic carbocycles. The van der Waals surface area contributed by atoms with Gasteiger partial charge in [-0.2, -0.15) is 0 Å². The van der Waals surface area contributed by atoms with E-state index in [1.165, 1.54) is 6.04 Å². The number of hydrogen-bond donors (Lipinski definition) is 2. The Kier molecular flexibility index (Phi) is 10.2. The zero-order valence-electron chi connectivity index (χ0n) is 9.45. The molecule has 0 saturated carbocycles. The van der Waals surface area contributed by atoms with Crippen molar-refractivity contribution in [2.24, 2.45) is 0 Å². The number of nitrogens with one attached hydrogen (secondary N) is 2. The number of aldehydes is 1. The van der Waals surface area contributed by atoms with Gasteiger partial charge in [-0.15, -0.1) is 0 Å². The second kappa shape index (κ2) is 11.0. The van der Waals surface area contributed by atoms with Gasteiger partial charge in [0.2, 0.25) is 0 Å². The van der Waals surface area contributed by atoms with Crippen LogP contribution in [0.2, 0.25) is 12.6 Å². The van der Waals surface area contributed by atoms with E-state index in [-0.39, 0.29) is 9.52 Å². The highest BCUT2D eigenvalue weighted by atomic mass is 28.2. The highest BCUT2D eigenvalue weighted by molar-refractivity contribution is 6.33. The quantitative estimate of drug-likeness (QED) is 0.197. The van der Waals surface area contributed by atoms with E-state index in [2.05, 4.69) is 17.2 Å². The van der Waals surface area contributed by atoms with Crippen molar-refractivity contribution in [3.8, 4) is 0 Å². The monoisotopic (exact) mass is 228 g/mol. The third-order valence-electron chi connectivity index (χ3n) is 1.65. The lowest BCUT2D eigenvalue weighted by atomic mass is 10.5. The Morgan fingerprint density at radius 1 is 1.53 bits per heavy atom. The largest absolute Gasteiger partial charge is 0.366 e. The maximum atomic E-state index is 10.6. The summed E-state index contributed by atoms with van der Waals surface area (Å²) in [5.41, 5.74) is 0.488. The van der Waals surface area contributed by atoms with Gasteiger partial charge in [-0.25, -0.2) is 0 Å². The van der Waals surface area contributed by atoms with Crippen LogP contribution in [-0.2, 0) is 9.53 Å². The smallest absolute Gasteiger partial charge is 0.167 e. The number of hydrogen-bond acceptors (Lipinski definition) is 4. The van der Waals surface area contributed by atoms with E-state index in [0.717, 1.165) is 12.9 Å². The van der Waals surface area contributed by atoms with E-state index in [1.54, 1.807) is 12.4 Å². The van der Waals surface area contributed by atoms with Gasteiger partial charge in [-0.1, -0.05) is 12.6 Å². The second-order valence-electron chi connectivity index (χ2n) is 2.97. The third-order valence-corrected chi connectivity index (χ3v) is 2.65. The Balaban J connectivity index is 3.60. The van der Waals surface area contributed by atoms with E-state index in [9.17, 15) is 4.79 Å². The van der Waals surface area contributed by atoms with Crippen LogP contribution < -0.4 is 10.6 Å². The van der Waals surface area contributed by atoms with Crippen molar-refractivity contribution >= 4 is 15.8 Å². The van der Waals surface area contributed by atoms with E-state index in [1.807, 2.05) is 13.0 Å². The SMILES string of the molecule is C/C=C\NC=C(C=O)NCOCC[SiH2]C. The Hall–Kier alpha value is -1.07. The van der Waals surface area contributed by atoms with Crippen molar-refractivity contribution in [3.05, 3.63) is 24.2 Å². The molecule has 0 aliphatic heterocycles. The Morgan fingerprint density at radius 2 is 2.33 bits per heavy atom. The van der Waals surface area contributed by atoms with Crippen molar-refractivity contribution < 1.29 is 9.53 Å². The predicted molar refractivity (Wildman–Crippen MR) is 65.3 cm³/mol. The Labute approximate surface area is 93.6 Å². The number of rotatable bonds is 9. The Bertz CT molecular complexity index is 217. The first-order valence-corrected chi connectivity index (χ1v) is 7.60. The van der Waals surface area contributed by atoms with Gasteiger partial charge in [0.15, 0.2) is 6.29 Å². The molecule has 0 bridgehead atoms. The van der Waals surface area contributed by atoms with Crippen LogP contribution >= 0.6 is 0 Å². The minimum atomic E-state index is 0.0865. The molecule has 0 spiro atoms. The summed E-state index contributed by atoms with van der Waals surface area (Å²) in [6.45, 7) is 5.31. The van der Waals surface area contributed by atoms with Crippen LogP contribution in [0.15, 0.2) is 24.2 Å². The highest BCUT2D eigenvalue weighted by Crippen LogP contribution is 1.84. The van der Waals surface area contributed by atoms with Crippen LogP contribution in [-0.4, -0.2) is 29.1 Å². The van der Waals surface area contributed by atoms with E-state index >= 15 is 0 Å². The van der Waals surface area contributed by atoms with Crippen molar-refractivity contribution in [1.82, 2.24) is 10.6 Å². The number of carbonyl (C=O) groups excluding carboxylic acids is 1. The molecule has 0 unspecified atom stereocenters. The van der Waals surface area contributed by atoms with Crippen LogP contribution in [0.3, 0.4) is 0 Å². The summed E-state index contributed by atoms with van der Waals surface area (Å²) in [5.74, 6) is 0. The third kappa shape index (κ3) is 9.24. The number of carbonyl (C=O) groups is 1. The van der Waals surface area contributed by atoms with Crippen LogP contribution in [0.25, 0.3) is 0 Å². The zero-order chi connectivity index (χ0) is 11.4. The lowest BCUT2D eigenvalue weighted by molar-refractivity contribution is -0.105. The molecule has 0 aliphatic rings. The molecular weight excluding hydrogens is 208 g/mol. The highest BCUT2D eigenvalue weighted by Gasteiger charge is 1.92. The molecule has 0 atom stereocenters. The van der Waals surface area contributed by atoms with Crippen LogP contribution in [0, 0.1) is 0 Å².